The summed E-state index contributed by atoms with van der Waals surface area (Å²) in [6.07, 6.45) is -4.76. The van der Waals surface area contributed by atoms with Crippen LogP contribution in [0, 0.1) is 11.8 Å². The summed E-state index contributed by atoms with van der Waals surface area (Å²) in [6.45, 7) is -0.484. The second-order valence-electron chi connectivity index (χ2n) is 3.02. The highest BCUT2D eigenvalue weighted by atomic mass is 19.4. The van der Waals surface area contributed by atoms with E-state index in [4.69, 9.17) is 10.2 Å². The van der Waals surface area contributed by atoms with Crippen molar-refractivity contribution in [3.8, 4) is 11.8 Å². The number of benzene rings is 1. The van der Waals surface area contributed by atoms with Gasteiger partial charge in [-0.15, -0.1) is 0 Å². The van der Waals surface area contributed by atoms with E-state index in [2.05, 4.69) is 11.8 Å². The average molecular weight is 244 g/mol. The largest absolute Gasteiger partial charge is 0.478 e. The van der Waals surface area contributed by atoms with E-state index in [1.807, 2.05) is 0 Å². The summed E-state index contributed by atoms with van der Waals surface area (Å²) in [6, 6.07) is 2.64. The Kier molecular flexibility index (Phi) is 3.76. The number of aliphatic hydroxyl groups excluding tert-OH is 1. The Hall–Kier alpha value is -2.00. The highest BCUT2D eigenvalue weighted by Gasteiger charge is 2.35. The van der Waals surface area contributed by atoms with E-state index in [-0.39, 0.29) is 5.56 Å². The first kappa shape index (κ1) is 13.1. The van der Waals surface area contributed by atoms with Crippen molar-refractivity contribution >= 4 is 5.97 Å². The number of carboxylic acids is 1. The minimum absolute atomic E-state index is 0.00336. The van der Waals surface area contributed by atoms with Gasteiger partial charge in [0, 0.05) is 5.56 Å². The van der Waals surface area contributed by atoms with Gasteiger partial charge in [-0.2, -0.15) is 13.2 Å². The number of carbonyl (C=O) groups is 1. The average Bonchev–Trinajstić information content (AvgIpc) is 2.24. The lowest BCUT2D eigenvalue weighted by molar-refractivity contribution is -0.138. The van der Waals surface area contributed by atoms with Gasteiger partial charge in [-0.25, -0.2) is 4.79 Å². The highest BCUT2D eigenvalue weighted by molar-refractivity contribution is 5.89. The molecule has 1 aromatic rings. The molecule has 6 heteroatoms. The smallest absolute Gasteiger partial charge is 0.417 e. The number of hydrogen-bond donors (Lipinski definition) is 2. The number of alkyl halides is 3. The van der Waals surface area contributed by atoms with Crippen molar-refractivity contribution in [2.24, 2.45) is 0 Å². The second kappa shape index (κ2) is 4.89. The summed E-state index contributed by atoms with van der Waals surface area (Å²) < 4.78 is 37.6. The summed E-state index contributed by atoms with van der Waals surface area (Å²) in [5.74, 6) is 2.81. The van der Waals surface area contributed by atoms with E-state index in [0.717, 1.165) is 12.1 Å². The maximum Gasteiger partial charge on any atom is 0.417 e. The molecular formula is C11H7F3O3. The minimum Gasteiger partial charge on any atom is -0.478 e. The van der Waals surface area contributed by atoms with Gasteiger partial charge in [0.1, 0.15) is 6.61 Å². The van der Waals surface area contributed by atoms with Gasteiger partial charge in [0.15, 0.2) is 0 Å². The van der Waals surface area contributed by atoms with E-state index in [1.54, 1.807) is 0 Å². The fourth-order valence-electron chi connectivity index (χ4n) is 1.18. The van der Waals surface area contributed by atoms with Crippen molar-refractivity contribution in [2.45, 2.75) is 6.18 Å². The number of rotatable bonds is 1. The first-order valence-corrected chi connectivity index (χ1v) is 4.40. The van der Waals surface area contributed by atoms with Crippen molar-refractivity contribution in [1.29, 1.82) is 0 Å². The van der Waals surface area contributed by atoms with Gasteiger partial charge in [-0.05, 0) is 18.2 Å². The zero-order valence-corrected chi connectivity index (χ0v) is 8.38. The zero-order chi connectivity index (χ0) is 13.1. The van der Waals surface area contributed by atoms with E-state index in [0.29, 0.717) is 6.07 Å². The van der Waals surface area contributed by atoms with Crippen LogP contribution in [0.2, 0.25) is 0 Å². The van der Waals surface area contributed by atoms with Crippen molar-refractivity contribution < 1.29 is 28.2 Å². The van der Waals surface area contributed by atoms with Crippen molar-refractivity contribution in [1.82, 2.24) is 0 Å². The molecule has 3 nitrogen and oxygen atoms in total. The lowest BCUT2D eigenvalue weighted by Gasteiger charge is -2.10. The molecular weight excluding hydrogens is 237 g/mol. The molecule has 2 N–H and O–H groups in total. The quantitative estimate of drug-likeness (QED) is 0.740. The molecule has 0 unspecified atom stereocenters. The Labute approximate surface area is 94.5 Å². The monoisotopic (exact) mass is 244 g/mol. The Balaban J connectivity index is 3.34. The number of hydrogen-bond acceptors (Lipinski definition) is 2. The van der Waals surface area contributed by atoms with Gasteiger partial charge < -0.3 is 10.2 Å². The topological polar surface area (TPSA) is 57.5 Å². The van der Waals surface area contributed by atoms with Crippen LogP contribution in [0.5, 0.6) is 0 Å². The van der Waals surface area contributed by atoms with E-state index >= 15 is 0 Å². The maximum atomic E-state index is 12.5. The molecule has 1 rings (SSSR count). The summed E-state index contributed by atoms with van der Waals surface area (Å²) >= 11 is 0. The third-order valence-electron chi connectivity index (χ3n) is 1.87. The maximum absolute atomic E-state index is 12.5. The van der Waals surface area contributed by atoms with Crippen molar-refractivity contribution in [2.75, 3.05) is 6.61 Å². The van der Waals surface area contributed by atoms with Crippen LogP contribution in [0.25, 0.3) is 0 Å². The zero-order valence-electron chi connectivity index (χ0n) is 8.38. The van der Waals surface area contributed by atoms with Gasteiger partial charge >= 0.3 is 12.1 Å². The molecule has 0 saturated carbocycles. The summed E-state index contributed by atoms with van der Waals surface area (Å²) in [7, 11) is 0. The van der Waals surface area contributed by atoms with Gasteiger partial charge in [-0.3, -0.25) is 0 Å². The molecule has 0 aromatic heterocycles. The standard InChI is InChI=1S/C11H7F3O3/c12-11(13,14)9-6-7(2-1-5-15)3-4-8(9)10(16)17/h3-4,6,15H,5H2,(H,16,17). The summed E-state index contributed by atoms with van der Waals surface area (Å²) in [5.41, 5.74) is -2.09. The fourth-order valence-corrected chi connectivity index (χ4v) is 1.18. The van der Waals surface area contributed by atoms with Crippen LogP contribution in [0.15, 0.2) is 18.2 Å². The van der Waals surface area contributed by atoms with Crippen LogP contribution in [-0.2, 0) is 6.18 Å². The number of aromatic carboxylic acids is 1. The molecule has 0 aliphatic carbocycles. The number of aliphatic hydroxyl groups is 1. The minimum atomic E-state index is -4.76. The predicted octanol–water partition coefficient (Wildman–Crippen LogP) is 1.75. The van der Waals surface area contributed by atoms with Gasteiger partial charge in [0.2, 0.25) is 0 Å². The first-order chi connectivity index (χ1) is 7.86. The lowest BCUT2D eigenvalue weighted by Crippen LogP contribution is -2.13. The SMILES string of the molecule is O=C(O)c1ccc(C#CCO)cc1C(F)(F)F. The fraction of sp³-hybridized carbons (Fsp3) is 0.182. The lowest BCUT2D eigenvalue weighted by atomic mass is 10.0. The van der Waals surface area contributed by atoms with Crippen LogP contribution in [0.1, 0.15) is 21.5 Å². The van der Waals surface area contributed by atoms with Gasteiger partial charge in [0.25, 0.3) is 0 Å². The molecule has 0 atom stereocenters. The number of halogens is 3. The van der Waals surface area contributed by atoms with Crippen LogP contribution in [0.3, 0.4) is 0 Å². The molecule has 0 aliphatic heterocycles. The number of carboxylic acid groups (broad SMARTS) is 1. The normalized spacial score (nSPS) is 10.6. The van der Waals surface area contributed by atoms with Gasteiger partial charge in [-0.1, -0.05) is 11.8 Å². The van der Waals surface area contributed by atoms with Crippen LogP contribution >= 0.6 is 0 Å². The second-order valence-corrected chi connectivity index (χ2v) is 3.02. The third-order valence-corrected chi connectivity index (χ3v) is 1.87. The Morgan fingerprint density at radius 3 is 2.47 bits per heavy atom. The van der Waals surface area contributed by atoms with E-state index in [9.17, 15) is 18.0 Å². The molecule has 1 aromatic carbocycles. The van der Waals surface area contributed by atoms with Crippen LogP contribution in [-0.4, -0.2) is 22.8 Å². The molecule has 0 fully saturated rings. The van der Waals surface area contributed by atoms with Gasteiger partial charge in [0.05, 0.1) is 11.1 Å². The highest BCUT2D eigenvalue weighted by Crippen LogP contribution is 2.32. The molecule has 0 amide bonds. The predicted molar refractivity (Wildman–Crippen MR) is 52.4 cm³/mol. The first-order valence-electron chi connectivity index (χ1n) is 4.40. The molecule has 0 heterocycles. The van der Waals surface area contributed by atoms with Crippen molar-refractivity contribution in [3.05, 3.63) is 34.9 Å². The Morgan fingerprint density at radius 2 is 2.00 bits per heavy atom. The molecule has 0 saturated heterocycles. The summed E-state index contributed by atoms with van der Waals surface area (Å²) in [4.78, 5) is 10.6. The summed E-state index contributed by atoms with van der Waals surface area (Å²) in [5, 5.41) is 17.0. The van der Waals surface area contributed by atoms with E-state index < -0.39 is 29.9 Å². The molecule has 0 radical (unpaired) electrons. The molecule has 0 spiro atoms. The van der Waals surface area contributed by atoms with Crippen LogP contribution in [0.4, 0.5) is 13.2 Å². The molecule has 90 valence electrons. The van der Waals surface area contributed by atoms with Crippen molar-refractivity contribution in [3.63, 3.8) is 0 Å². The molecule has 17 heavy (non-hydrogen) atoms. The Bertz CT molecular complexity index is 495. The van der Waals surface area contributed by atoms with Crippen LogP contribution < -0.4 is 0 Å². The Morgan fingerprint density at radius 1 is 1.35 bits per heavy atom. The molecule has 0 aliphatic rings. The van der Waals surface area contributed by atoms with E-state index in [1.165, 1.54) is 0 Å². The third kappa shape index (κ3) is 3.23. The molecule has 0 bridgehead atoms.